The summed E-state index contributed by atoms with van der Waals surface area (Å²) in [5.74, 6) is 0.173. The van der Waals surface area contributed by atoms with Crippen LogP contribution in [0.1, 0.15) is 63.9 Å². The number of nitrogens with one attached hydrogen (secondary N) is 2. The molecular formula is C20H33N5O2S. The van der Waals surface area contributed by atoms with Crippen molar-refractivity contribution in [3.63, 3.8) is 0 Å². The first-order valence-electron chi connectivity index (χ1n) is 10.4. The van der Waals surface area contributed by atoms with E-state index >= 15 is 0 Å². The Morgan fingerprint density at radius 3 is 2.54 bits per heavy atom. The molecule has 1 aromatic rings. The van der Waals surface area contributed by atoms with Crippen molar-refractivity contribution < 1.29 is 9.59 Å². The van der Waals surface area contributed by atoms with Gasteiger partial charge in [0, 0.05) is 42.5 Å². The lowest BCUT2D eigenvalue weighted by molar-refractivity contribution is -0.136. The molecule has 2 aliphatic rings. The van der Waals surface area contributed by atoms with Crippen LogP contribution in [0.15, 0.2) is 0 Å². The largest absolute Gasteiger partial charge is 0.337 e. The number of aromatic nitrogens is 1. The highest BCUT2D eigenvalue weighted by Gasteiger charge is 2.27. The SMILES string of the molecule is CC(C)N(C(=O)CN1CCc2nc(NC(=O)NC3CCCC3)sc2C1)C(C)C. The number of anilines is 1. The maximum Gasteiger partial charge on any atom is 0.321 e. The van der Waals surface area contributed by atoms with E-state index < -0.39 is 0 Å². The maximum absolute atomic E-state index is 12.7. The Hall–Kier alpha value is -1.67. The molecular weight excluding hydrogens is 374 g/mol. The minimum Gasteiger partial charge on any atom is -0.337 e. The van der Waals surface area contributed by atoms with Crippen LogP contribution >= 0.6 is 11.3 Å². The molecule has 0 spiro atoms. The van der Waals surface area contributed by atoms with E-state index in [0.29, 0.717) is 24.3 Å². The van der Waals surface area contributed by atoms with Gasteiger partial charge in [-0.05, 0) is 40.5 Å². The molecule has 3 rings (SSSR count). The lowest BCUT2D eigenvalue weighted by atomic mass is 10.1. The van der Waals surface area contributed by atoms with Gasteiger partial charge in [-0.2, -0.15) is 0 Å². The quantitative estimate of drug-likeness (QED) is 0.759. The number of amides is 3. The van der Waals surface area contributed by atoms with Gasteiger partial charge < -0.3 is 10.2 Å². The van der Waals surface area contributed by atoms with Gasteiger partial charge in [0.05, 0.1) is 12.2 Å². The van der Waals surface area contributed by atoms with Crippen molar-refractivity contribution in [3.8, 4) is 0 Å². The van der Waals surface area contributed by atoms with Crippen LogP contribution in [0.5, 0.6) is 0 Å². The molecule has 1 aromatic heterocycles. The Morgan fingerprint density at radius 2 is 1.89 bits per heavy atom. The number of carbonyl (C=O) groups excluding carboxylic acids is 2. The second kappa shape index (κ2) is 9.22. The van der Waals surface area contributed by atoms with Crippen LogP contribution in [0, 0.1) is 0 Å². The molecule has 1 fully saturated rings. The standard InChI is InChI=1S/C20H33N5O2S/c1-13(2)25(14(3)4)18(26)12-24-10-9-16-17(11-24)28-20(22-16)23-19(27)21-15-7-5-6-8-15/h13-15H,5-12H2,1-4H3,(H2,21,22,23,27). The smallest absolute Gasteiger partial charge is 0.321 e. The highest BCUT2D eigenvalue weighted by molar-refractivity contribution is 7.15. The van der Waals surface area contributed by atoms with Gasteiger partial charge >= 0.3 is 6.03 Å². The van der Waals surface area contributed by atoms with E-state index in [4.69, 9.17) is 0 Å². The molecule has 0 aromatic carbocycles. The highest BCUT2D eigenvalue weighted by atomic mass is 32.1. The number of carbonyl (C=O) groups is 2. The van der Waals surface area contributed by atoms with Crippen LogP contribution in [0.3, 0.4) is 0 Å². The second-order valence-corrected chi connectivity index (χ2v) is 9.50. The van der Waals surface area contributed by atoms with Crippen molar-refractivity contribution >= 4 is 28.4 Å². The summed E-state index contributed by atoms with van der Waals surface area (Å²) in [6.07, 6.45) is 5.32. The molecule has 3 amide bonds. The Morgan fingerprint density at radius 1 is 1.21 bits per heavy atom. The van der Waals surface area contributed by atoms with E-state index in [2.05, 4.69) is 48.2 Å². The molecule has 2 heterocycles. The zero-order chi connectivity index (χ0) is 20.3. The van der Waals surface area contributed by atoms with Crippen molar-refractivity contribution in [1.82, 2.24) is 20.1 Å². The molecule has 0 unspecified atom stereocenters. The summed E-state index contributed by atoms with van der Waals surface area (Å²) >= 11 is 1.52. The molecule has 1 aliphatic heterocycles. The van der Waals surface area contributed by atoms with E-state index in [1.54, 1.807) is 0 Å². The average Bonchev–Trinajstić information content (AvgIpc) is 3.22. The minimum atomic E-state index is -0.158. The molecule has 156 valence electrons. The number of rotatable bonds is 6. The Kier molecular flexibility index (Phi) is 6.93. The molecule has 0 bridgehead atoms. The molecule has 0 radical (unpaired) electrons. The molecule has 1 aliphatic carbocycles. The van der Waals surface area contributed by atoms with E-state index in [0.717, 1.165) is 36.4 Å². The molecule has 0 saturated heterocycles. The first-order chi connectivity index (χ1) is 13.3. The lowest BCUT2D eigenvalue weighted by Crippen LogP contribution is -2.47. The van der Waals surface area contributed by atoms with Crippen LogP contribution < -0.4 is 10.6 Å². The average molecular weight is 408 g/mol. The Bertz CT molecular complexity index is 689. The molecule has 28 heavy (non-hydrogen) atoms. The van der Waals surface area contributed by atoms with Gasteiger partial charge in [0.25, 0.3) is 0 Å². The normalized spacial score (nSPS) is 17.8. The van der Waals surface area contributed by atoms with Gasteiger partial charge in [-0.25, -0.2) is 9.78 Å². The van der Waals surface area contributed by atoms with Crippen molar-refractivity contribution in [2.24, 2.45) is 0 Å². The van der Waals surface area contributed by atoms with Crippen molar-refractivity contribution in [1.29, 1.82) is 0 Å². The zero-order valence-electron chi connectivity index (χ0n) is 17.5. The van der Waals surface area contributed by atoms with E-state index in [-0.39, 0.29) is 24.0 Å². The lowest BCUT2D eigenvalue weighted by Gasteiger charge is -2.34. The number of hydrogen-bond donors (Lipinski definition) is 2. The third-order valence-corrected chi connectivity index (χ3v) is 6.48. The van der Waals surface area contributed by atoms with Crippen LogP contribution in [-0.4, -0.2) is 57.9 Å². The summed E-state index contributed by atoms with van der Waals surface area (Å²) in [5, 5.41) is 6.58. The molecule has 0 atom stereocenters. The second-order valence-electron chi connectivity index (χ2n) is 8.42. The number of thiazole rings is 1. The van der Waals surface area contributed by atoms with Crippen molar-refractivity contribution in [2.45, 2.75) is 84.5 Å². The van der Waals surface area contributed by atoms with Crippen molar-refractivity contribution in [2.75, 3.05) is 18.4 Å². The summed E-state index contributed by atoms with van der Waals surface area (Å²) in [6.45, 7) is 10.2. The highest BCUT2D eigenvalue weighted by Crippen LogP contribution is 2.28. The maximum atomic E-state index is 12.7. The van der Waals surface area contributed by atoms with Gasteiger partial charge in [-0.1, -0.05) is 12.8 Å². The van der Waals surface area contributed by atoms with Gasteiger partial charge in [0.2, 0.25) is 5.91 Å². The third-order valence-electron chi connectivity index (χ3n) is 5.48. The van der Waals surface area contributed by atoms with Gasteiger partial charge in [-0.15, -0.1) is 11.3 Å². The third kappa shape index (κ3) is 5.23. The molecule has 7 nitrogen and oxygen atoms in total. The first-order valence-corrected chi connectivity index (χ1v) is 11.2. The summed E-state index contributed by atoms with van der Waals surface area (Å²) in [4.78, 5) is 34.8. The van der Waals surface area contributed by atoms with Gasteiger partial charge in [-0.3, -0.25) is 15.0 Å². The summed E-state index contributed by atoms with van der Waals surface area (Å²) < 4.78 is 0. The van der Waals surface area contributed by atoms with E-state index in [9.17, 15) is 9.59 Å². The fraction of sp³-hybridized carbons (Fsp3) is 0.750. The Balaban J connectivity index is 1.55. The molecule has 1 saturated carbocycles. The minimum absolute atomic E-state index is 0.158. The number of hydrogen-bond acceptors (Lipinski definition) is 5. The number of nitrogens with zero attached hydrogens (tertiary/aromatic N) is 3. The number of fused-ring (bicyclic) bond motifs is 1. The van der Waals surface area contributed by atoms with Crippen molar-refractivity contribution in [3.05, 3.63) is 10.6 Å². The van der Waals surface area contributed by atoms with Crippen LogP contribution in [0.4, 0.5) is 9.93 Å². The monoisotopic (exact) mass is 407 g/mol. The molecule has 8 heteroatoms. The Labute approximate surface area is 171 Å². The predicted octanol–water partition coefficient (Wildman–Crippen LogP) is 3.21. The predicted molar refractivity (Wildman–Crippen MR) is 113 cm³/mol. The fourth-order valence-corrected chi connectivity index (χ4v) is 5.32. The number of urea groups is 1. The van der Waals surface area contributed by atoms with E-state index in [1.807, 2.05) is 4.90 Å². The zero-order valence-corrected chi connectivity index (χ0v) is 18.3. The summed E-state index contributed by atoms with van der Waals surface area (Å²) in [7, 11) is 0. The van der Waals surface area contributed by atoms with Crippen LogP contribution in [-0.2, 0) is 17.8 Å². The fourth-order valence-electron chi connectivity index (χ4n) is 4.27. The topological polar surface area (TPSA) is 77.6 Å². The van der Waals surface area contributed by atoms with Gasteiger partial charge in [0.15, 0.2) is 5.13 Å². The van der Waals surface area contributed by atoms with E-state index in [1.165, 1.54) is 24.2 Å². The summed E-state index contributed by atoms with van der Waals surface area (Å²) in [5.41, 5.74) is 1.05. The summed E-state index contributed by atoms with van der Waals surface area (Å²) in [6, 6.07) is 0.534. The molecule has 2 N–H and O–H groups in total. The van der Waals surface area contributed by atoms with Crippen LogP contribution in [0.2, 0.25) is 0 Å². The van der Waals surface area contributed by atoms with Crippen LogP contribution in [0.25, 0.3) is 0 Å². The first kappa shape index (κ1) is 21.0. The van der Waals surface area contributed by atoms with Gasteiger partial charge in [0.1, 0.15) is 0 Å².